The summed E-state index contributed by atoms with van der Waals surface area (Å²) in [5.41, 5.74) is 1.40. The average molecular weight is 264 g/mol. The second-order valence-electron chi connectivity index (χ2n) is 3.58. The minimum atomic E-state index is -0.451. The van der Waals surface area contributed by atoms with Gasteiger partial charge in [0.1, 0.15) is 0 Å². The molecule has 0 saturated heterocycles. The Kier molecular flexibility index (Phi) is 3.48. The molecule has 0 amide bonds. The Morgan fingerprint density at radius 3 is 2.83 bits per heavy atom. The number of aldehydes is 1. The van der Waals surface area contributed by atoms with E-state index in [1.165, 1.54) is 7.11 Å². The van der Waals surface area contributed by atoms with Gasteiger partial charge in [0.05, 0.1) is 29.1 Å². The molecule has 18 heavy (non-hydrogen) atoms. The van der Waals surface area contributed by atoms with Gasteiger partial charge in [0.25, 0.3) is 0 Å². The highest BCUT2D eigenvalue weighted by Crippen LogP contribution is 2.23. The van der Waals surface area contributed by atoms with Crippen LogP contribution < -0.4 is 0 Å². The van der Waals surface area contributed by atoms with E-state index in [0.717, 1.165) is 6.29 Å². The number of methoxy groups -OCH3 is 1. The van der Waals surface area contributed by atoms with Gasteiger partial charge in [-0.15, -0.1) is 0 Å². The van der Waals surface area contributed by atoms with E-state index in [1.54, 1.807) is 41.1 Å². The van der Waals surface area contributed by atoms with E-state index in [4.69, 9.17) is 11.6 Å². The first-order valence-corrected chi connectivity index (χ1v) is 5.56. The highest BCUT2D eigenvalue weighted by molar-refractivity contribution is 6.32. The van der Waals surface area contributed by atoms with Gasteiger partial charge in [-0.2, -0.15) is 0 Å². The Morgan fingerprint density at radius 1 is 1.39 bits per heavy atom. The summed E-state index contributed by atoms with van der Waals surface area (Å²) in [4.78, 5) is 22.3. The Balaban J connectivity index is 2.56. The van der Waals surface area contributed by atoms with Crippen molar-refractivity contribution in [2.24, 2.45) is 0 Å². The van der Waals surface area contributed by atoms with E-state index >= 15 is 0 Å². The van der Waals surface area contributed by atoms with Gasteiger partial charge in [0.2, 0.25) is 0 Å². The summed E-state index contributed by atoms with van der Waals surface area (Å²) in [5.74, 6) is -0.451. The molecular formula is C13H10ClNO3. The molecule has 0 bridgehead atoms. The SMILES string of the molecule is COC(=O)c1ccc(Cl)c(-n2cccc2C=O)c1. The largest absolute Gasteiger partial charge is 0.465 e. The minimum Gasteiger partial charge on any atom is -0.465 e. The van der Waals surface area contributed by atoms with Gasteiger partial charge < -0.3 is 9.30 Å². The molecule has 1 aromatic heterocycles. The third-order valence-electron chi connectivity index (χ3n) is 2.53. The van der Waals surface area contributed by atoms with E-state index in [2.05, 4.69) is 4.74 Å². The number of halogens is 1. The highest BCUT2D eigenvalue weighted by atomic mass is 35.5. The predicted octanol–water partition coefficient (Wildman–Crippen LogP) is 2.73. The maximum atomic E-state index is 11.5. The fourth-order valence-electron chi connectivity index (χ4n) is 1.65. The topological polar surface area (TPSA) is 48.3 Å². The Hall–Kier alpha value is -2.07. The third-order valence-corrected chi connectivity index (χ3v) is 2.85. The van der Waals surface area contributed by atoms with Crippen LogP contribution in [-0.2, 0) is 4.74 Å². The van der Waals surface area contributed by atoms with E-state index < -0.39 is 5.97 Å². The number of hydrogen-bond acceptors (Lipinski definition) is 3. The molecule has 0 aliphatic rings. The fraction of sp³-hybridized carbons (Fsp3) is 0.0769. The lowest BCUT2D eigenvalue weighted by Gasteiger charge is -2.09. The molecule has 5 heteroatoms. The van der Waals surface area contributed by atoms with Crippen molar-refractivity contribution in [3.05, 3.63) is 52.8 Å². The quantitative estimate of drug-likeness (QED) is 0.632. The zero-order valence-electron chi connectivity index (χ0n) is 9.59. The molecule has 0 spiro atoms. The number of benzene rings is 1. The summed E-state index contributed by atoms with van der Waals surface area (Å²) >= 11 is 6.08. The van der Waals surface area contributed by atoms with E-state index in [1.807, 2.05) is 0 Å². The predicted molar refractivity (Wildman–Crippen MR) is 67.5 cm³/mol. The molecule has 0 aliphatic carbocycles. The number of aromatic nitrogens is 1. The monoisotopic (exact) mass is 263 g/mol. The van der Waals surface area contributed by atoms with Gasteiger partial charge in [-0.25, -0.2) is 4.79 Å². The van der Waals surface area contributed by atoms with Crippen LogP contribution in [0.3, 0.4) is 0 Å². The Bertz CT molecular complexity index is 604. The summed E-state index contributed by atoms with van der Waals surface area (Å²) < 4.78 is 6.26. The lowest BCUT2D eigenvalue weighted by Crippen LogP contribution is -2.04. The summed E-state index contributed by atoms with van der Waals surface area (Å²) in [5, 5.41) is 0.446. The number of hydrogen-bond donors (Lipinski definition) is 0. The molecule has 1 aromatic carbocycles. The fourth-order valence-corrected chi connectivity index (χ4v) is 1.86. The Labute approximate surface area is 109 Å². The first-order valence-electron chi connectivity index (χ1n) is 5.18. The number of carbonyl (C=O) groups excluding carboxylic acids is 2. The summed E-state index contributed by atoms with van der Waals surface area (Å²) in [6.07, 6.45) is 2.42. The molecule has 92 valence electrons. The number of carbonyl (C=O) groups is 2. The van der Waals surface area contributed by atoms with Gasteiger partial charge in [-0.05, 0) is 30.3 Å². The Morgan fingerprint density at radius 2 is 2.17 bits per heavy atom. The number of nitrogens with zero attached hydrogens (tertiary/aromatic N) is 1. The van der Waals surface area contributed by atoms with Crippen molar-refractivity contribution in [2.45, 2.75) is 0 Å². The average Bonchev–Trinajstić information content (AvgIpc) is 2.86. The normalized spacial score (nSPS) is 10.1. The molecule has 1 heterocycles. The van der Waals surface area contributed by atoms with Crippen molar-refractivity contribution in [3.63, 3.8) is 0 Å². The van der Waals surface area contributed by atoms with Gasteiger partial charge in [0, 0.05) is 6.20 Å². The van der Waals surface area contributed by atoms with Crippen LogP contribution in [0.25, 0.3) is 5.69 Å². The van der Waals surface area contributed by atoms with Crippen LogP contribution in [0.1, 0.15) is 20.8 Å². The van der Waals surface area contributed by atoms with Crippen molar-refractivity contribution < 1.29 is 14.3 Å². The second-order valence-corrected chi connectivity index (χ2v) is 3.99. The van der Waals surface area contributed by atoms with Gasteiger partial charge in [0.15, 0.2) is 6.29 Å². The summed E-state index contributed by atoms with van der Waals surface area (Å²) in [6, 6.07) is 8.14. The van der Waals surface area contributed by atoms with Crippen LogP contribution in [0, 0.1) is 0 Å². The smallest absolute Gasteiger partial charge is 0.337 e. The van der Waals surface area contributed by atoms with E-state index in [9.17, 15) is 9.59 Å². The lowest BCUT2D eigenvalue weighted by atomic mass is 10.2. The first kappa shape index (κ1) is 12.4. The molecule has 0 unspecified atom stereocenters. The minimum absolute atomic E-state index is 0.377. The van der Waals surface area contributed by atoms with E-state index in [-0.39, 0.29) is 0 Å². The molecular weight excluding hydrogens is 254 g/mol. The molecule has 0 fully saturated rings. The zero-order valence-corrected chi connectivity index (χ0v) is 10.3. The van der Waals surface area contributed by atoms with Gasteiger partial charge >= 0.3 is 5.97 Å². The highest BCUT2D eigenvalue weighted by Gasteiger charge is 2.11. The van der Waals surface area contributed by atoms with Crippen LogP contribution in [0.5, 0.6) is 0 Å². The maximum Gasteiger partial charge on any atom is 0.337 e. The standard InChI is InChI=1S/C13H10ClNO3/c1-18-13(17)9-4-5-11(14)12(7-9)15-6-2-3-10(15)8-16/h2-8H,1H3. The summed E-state index contributed by atoms with van der Waals surface area (Å²) in [7, 11) is 1.31. The van der Waals surface area contributed by atoms with Crippen LogP contribution in [0.2, 0.25) is 5.02 Å². The molecule has 0 N–H and O–H groups in total. The number of rotatable bonds is 3. The van der Waals surface area contributed by atoms with Crippen molar-refractivity contribution >= 4 is 23.9 Å². The molecule has 0 aliphatic heterocycles. The molecule has 2 rings (SSSR count). The van der Waals surface area contributed by atoms with Crippen molar-refractivity contribution in [1.82, 2.24) is 4.57 Å². The molecule has 2 aromatic rings. The maximum absolute atomic E-state index is 11.5. The van der Waals surface area contributed by atoms with Crippen LogP contribution in [-0.4, -0.2) is 23.9 Å². The molecule has 4 nitrogen and oxygen atoms in total. The molecule has 0 atom stereocenters. The summed E-state index contributed by atoms with van der Waals surface area (Å²) in [6.45, 7) is 0. The first-order chi connectivity index (χ1) is 8.67. The number of esters is 1. The number of ether oxygens (including phenoxy) is 1. The zero-order chi connectivity index (χ0) is 13.1. The van der Waals surface area contributed by atoms with E-state index in [0.29, 0.717) is 22.0 Å². The third kappa shape index (κ3) is 2.15. The van der Waals surface area contributed by atoms with Crippen LogP contribution >= 0.6 is 11.6 Å². The van der Waals surface area contributed by atoms with Crippen molar-refractivity contribution in [1.29, 1.82) is 0 Å². The van der Waals surface area contributed by atoms with Crippen molar-refractivity contribution in [3.8, 4) is 5.69 Å². The van der Waals surface area contributed by atoms with Gasteiger partial charge in [-0.1, -0.05) is 11.6 Å². The van der Waals surface area contributed by atoms with Crippen molar-refractivity contribution in [2.75, 3.05) is 7.11 Å². The lowest BCUT2D eigenvalue weighted by molar-refractivity contribution is 0.0600. The van der Waals surface area contributed by atoms with Crippen LogP contribution in [0.15, 0.2) is 36.5 Å². The molecule has 0 radical (unpaired) electrons. The second kappa shape index (κ2) is 5.06. The van der Waals surface area contributed by atoms with Crippen LogP contribution in [0.4, 0.5) is 0 Å². The van der Waals surface area contributed by atoms with Gasteiger partial charge in [-0.3, -0.25) is 4.79 Å². The molecule has 0 saturated carbocycles.